The summed E-state index contributed by atoms with van der Waals surface area (Å²) in [6, 6.07) is 8.29. The number of aryl methyl sites for hydroxylation is 1. The third kappa shape index (κ3) is 2.35. The Hall–Kier alpha value is -1.69. The zero-order valence-corrected chi connectivity index (χ0v) is 13.1. The van der Waals surface area contributed by atoms with Gasteiger partial charge < -0.3 is 0 Å². The smallest absolute Gasteiger partial charge is 0.0960 e. The van der Waals surface area contributed by atoms with Crippen LogP contribution in [0.2, 0.25) is 0 Å². The van der Waals surface area contributed by atoms with Crippen molar-refractivity contribution in [3.63, 3.8) is 0 Å². The number of para-hydroxylation sites is 1. The summed E-state index contributed by atoms with van der Waals surface area (Å²) in [6.07, 6.45) is 1.96. The van der Waals surface area contributed by atoms with E-state index in [1.807, 2.05) is 34.6 Å². The van der Waals surface area contributed by atoms with Gasteiger partial charge in [-0.2, -0.15) is 5.10 Å². The SMILES string of the molecule is CCn1nc(Cn2cc(C(C)Br)nn2)c2ccccc21. The number of aromatic nitrogens is 5. The number of halogens is 1. The lowest BCUT2D eigenvalue weighted by Crippen LogP contribution is -2.03. The standard InChI is InChI=1S/C14H16BrN5/c1-3-20-14-7-5-4-6-11(14)13(17-20)9-19-8-12(10(2)15)16-18-19/h4-8,10H,3,9H2,1-2H3. The van der Waals surface area contributed by atoms with E-state index in [4.69, 9.17) is 0 Å². The van der Waals surface area contributed by atoms with Gasteiger partial charge in [0.05, 0.1) is 34.5 Å². The Morgan fingerprint density at radius 2 is 2.10 bits per heavy atom. The lowest BCUT2D eigenvalue weighted by atomic mass is 10.2. The molecule has 2 aromatic heterocycles. The van der Waals surface area contributed by atoms with Crippen LogP contribution in [0.15, 0.2) is 30.5 Å². The molecule has 6 heteroatoms. The van der Waals surface area contributed by atoms with Gasteiger partial charge in [-0.25, -0.2) is 4.68 Å². The molecule has 0 saturated carbocycles. The highest BCUT2D eigenvalue weighted by Crippen LogP contribution is 2.21. The fraction of sp³-hybridized carbons (Fsp3) is 0.357. The van der Waals surface area contributed by atoms with Gasteiger partial charge in [0, 0.05) is 11.9 Å². The average Bonchev–Trinajstić information content (AvgIpc) is 3.05. The molecule has 0 saturated heterocycles. The second-order valence-corrected chi connectivity index (χ2v) is 6.11. The van der Waals surface area contributed by atoms with E-state index >= 15 is 0 Å². The minimum atomic E-state index is 0.209. The molecule has 0 fully saturated rings. The summed E-state index contributed by atoms with van der Waals surface area (Å²) in [4.78, 5) is 0.209. The van der Waals surface area contributed by atoms with Crippen molar-refractivity contribution in [2.24, 2.45) is 0 Å². The molecule has 3 aromatic rings. The first-order chi connectivity index (χ1) is 9.69. The molecule has 3 rings (SSSR count). The van der Waals surface area contributed by atoms with Crippen LogP contribution in [0.5, 0.6) is 0 Å². The first kappa shape index (κ1) is 13.3. The first-order valence-electron chi connectivity index (χ1n) is 6.67. The Kier molecular flexibility index (Phi) is 3.56. The van der Waals surface area contributed by atoms with E-state index < -0.39 is 0 Å². The fourth-order valence-electron chi connectivity index (χ4n) is 2.28. The second-order valence-electron chi connectivity index (χ2n) is 4.74. The monoisotopic (exact) mass is 333 g/mol. The van der Waals surface area contributed by atoms with Gasteiger partial charge in [0.15, 0.2) is 0 Å². The van der Waals surface area contributed by atoms with Crippen LogP contribution in [0.4, 0.5) is 0 Å². The molecule has 1 atom stereocenters. The molecule has 20 heavy (non-hydrogen) atoms. The van der Waals surface area contributed by atoms with Crippen molar-refractivity contribution in [2.45, 2.75) is 31.8 Å². The van der Waals surface area contributed by atoms with Crippen molar-refractivity contribution in [2.75, 3.05) is 0 Å². The summed E-state index contributed by atoms with van der Waals surface area (Å²) < 4.78 is 3.86. The zero-order valence-electron chi connectivity index (χ0n) is 11.5. The number of hydrogen-bond donors (Lipinski definition) is 0. The predicted octanol–water partition coefficient (Wildman–Crippen LogP) is 3.15. The van der Waals surface area contributed by atoms with Crippen molar-refractivity contribution in [1.82, 2.24) is 24.8 Å². The van der Waals surface area contributed by atoms with E-state index in [9.17, 15) is 0 Å². The van der Waals surface area contributed by atoms with E-state index in [1.54, 1.807) is 0 Å². The van der Waals surface area contributed by atoms with Crippen molar-refractivity contribution in [3.05, 3.63) is 41.9 Å². The zero-order chi connectivity index (χ0) is 14.1. The Labute approximate surface area is 125 Å². The van der Waals surface area contributed by atoms with E-state index in [1.165, 1.54) is 10.9 Å². The molecule has 0 radical (unpaired) electrons. The number of benzene rings is 1. The highest BCUT2D eigenvalue weighted by Gasteiger charge is 2.12. The van der Waals surface area contributed by atoms with E-state index in [0.717, 1.165) is 17.9 Å². The third-order valence-electron chi connectivity index (χ3n) is 3.31. The van der Waals surface area contributed by atoms with Crippen molar-refractivity contribution in [3.8, 4) is 0 Å². The third-order valence-corrected chi connectivity index (χ3v) is 3.78. The number of fused-ring (bicyclic) bond motifs is 1. The molecule has 0 bridgehead atoms. The van der Waals surface area contributed by atoms with E-state index in [2.05, 4.69) is 50.4 Å². The van der Waals surface area contributed by atoms with Crippen LogP contribution in [-0.4, -0.2) is 24.8 Å². The van der Waals surface area contributed by atoms with Crippen LogP contribution in [0.25, 0.3) is 10.9 Å². The minimum absolute atomic E-state index is 0.209. The van der Waals surface area contributed by atoms with Crippen molar-refractivity contribution in [1.29, 1.82) is 0 Å². The summed E-state index contributed by atoms with van der Waals surface area (Å²) in [5, 5.41) is 14.2. The van der Waals surface area contributed by atoms with Gasteiger partial charge in [0.1, 0.15) is 0 Å². The van der Waals surface area contributed by atoms with Crippen molar-refractivity contribution < 1.29 is 0 Å². The molecule has 0 N–H and O–H groups in total. The minimum Gasteiger partial charge on any atom is -0.265 e. The maximum absolute atomic E-state index is 4.67. The lowest BCUT2D eigenvalue weighted by molar-refractivity contribution is 0.611. The maximum Gasteiger partial charge on any atom is 0.0960 e. The van der Waals surface area contributed by atoms with Gasteiger partial charge in [0.25, 0.3) is 0 Å². The largest absolute Gasteiger partial charge is 0.265 e. The van der Waals surface area contributed by atoms with Crippen LogP contribution < -0.4 is 0 Å². The van der Waals surface area contributed by atoms with E-state index in [-0.39, 0.29) is 4.83 Å². The summed E-state index contributed by atoms with van der Waals surface area (Å²) >= 11 is 3.50. The predicted molar refractivity (Wildman–Crippen MR) is 81.9 cm³/mol. The summed E-state index contributed by atoms with van der Waals surface area (Å²) in [6.45, 7) is 5.64. The quantitative estimate of drug-likeness (QED) is 0.689. The van der Waals surface area contributed by atoms with Gasteiger partial charge >= 0.3 is 0 Å². The maximum atomic E-state index is 4.67. The normalized spacial score (nSPS) is 12.9. The molecule has 1 aromatic carbocycles. The number of hydrogen-bond acceptors (Lipinski definition) is 3. The van der Waals surface area contributed by atoms with Gasteiger partial charge in [0.2, 0.25) is 0 Å². The summed E-state index contributed by atoms with van der Waals surface area (Å²) in [5.41, 5.74) is 3.13. The molecule has 1 unspecified atom stereocenters. The molecule has 0 amide bonds. The number of rotatable bonds is 4. The van der Waals surface area contributed by atoms with Crippen LogP contribution in [0.1, 0.15) is 30.1 Å². The molecule has 0 aliphatic heterocycles. The van der Waals surface area contributed by atoms with E-state index in [0.29, 0.717) is 6.54 Å². The first-order valence-corrected chi connectivity index (χ1v) is 7.59. The molecule has 0 spiro atoms. The molecule has 0 aliphatic rings. The van der Waals surface area contributed by atoms with Crippen LogP contribution >= 0.6 is 15.9 Å². The Bertz CT molecular complexity index is 728. The molecule has 0 aliphatic carbocycles. The second kappa shape index (κ2) is 5.36. The summed E-state index contributed by atoms with van der Waals surface area (Å²) in [5.74, 6) is 0. The molecular formula is C14H16BrN5. The molecule has 5 nitrogen and oxygen atoms in total. The topological polar surface area (TPSA) is 48.5 Å². The van der Waals surface area contributed by atoms with Gasteiger partial charge in [-0.1, -0.05) is 39.3 Å². The Morgan fingerprint density at radius 1 is 1.30 bits per heavy atom. The average molecular weight is 334 g/mol. The van der Waals surface area contributed by atoms with Gasteiger partial charge in [-0.15, -0.1) is 5.10 Å². The fourth-order valence-corrected chi connectivity index (χ4v) is 2.49. The lowest BCUT2D eigenvalue weighted by Gasteiger charge is -1.97. The highest BCUT2D eigenvalue weighted by molar-refractivity contribution is 9.09. The molecular weight excluding hydrogens is 318 g/mol. The van der Waals surface area contributed by atoms with Crippen LogP contribution in [0.3, 0.4) is 0 Å². The summed E-state index contributed by atoms with van der Waals surface area (Å²) in [7, 11) is 0. The Balaban J connectivity index is 1.97. The number of alkyl halides is 1. The van der Waals surface area contributed by atoms with Gasteiger partial charge in [-0.3, -0.25) is 4.68 Å². The highest BCUT2D eigenvalue weighted by atomic mass is 79.9. The number of nitrogens with zero attached hydrogens (tertiary/aromatic N) is 5. The van der Waals surface area contributed by atoms with Gasteiger partial charge in [-0.05, 0) is 19.9 Å². The molecule has 2 heterocycles. The van der Waals surface area contributed by atoms with Crippen LogP contribution in [-0.2, 0) is 13.1 Å². The Morgan fingerprint density at radius 3 is 2.80 bits per heavy atom. The molecule has 104 valence electrons. The van der Waals surface area contributed by atoms with Crippen molar-refractivity contribution >= 4 is 26.8 Å². The van der Waals surface area contributed by atoms with Crippen LogP contribution in [0, 0.1) is 0 Å².